The largest absolute Gasteiger partial charge is 0.493 e. The lowest BCUT2D eigenvalue weighted by Gasteiger charge is -2.13. The molecule has 4 heteroatoms. The molecular formula is C18H23NO3. The third kappa shape index (κ3) is 4.07. The molecule has 0 saturated carbocycles. The lowest BCUT2D eigenvalue weighted by atomic mass is 10.1. The van der Waals surface area contributed by atoms with Crippen LogP contribution in [0.3, 0.4) is 0 Å². The first-order valence-electron chi connectivity index (χ1n) is 7.37. The van der Waals surface area contributed by atoms with Crippen LogP contribution >= 0.6 is 0 Å². The van der Waals surface area contributed by atoms with Crippen LogP contribution < -0.4 is 19.9 Å². The molecule has 0 radical (unpaired) electrons. The summed E-state index contributed by atoms with van der Waals surface area (Å²) in [6, 6.07) is 11.4. The quantitative estimate of drug-likeness (QED) is 0.625. The number of nitrogen functional groups attached to an aromatic ring is 1. The average Bonchev–Trinajstić information content (AvgIpc) is 2.52. The van der Waals surface area contributed by atoms with E-state index in [9.17, 15) is 0 Å². The van der Waals surface area contributed by atoms with Crippen LogP contribution in [-0.2, 0) is 0 Å². The van der Waals surface area contributed by atoms with E-state index in [1.165, 1.54) is 11.1 Å². The van der Waals surface area contributed by atoms with Crippen molar-refractivity contribution >= 4 is 5.69 Å². The van der Waals surface area contributed by atoms with Gasteiger partial charge in [-0.2, -0.15) is 0 Å². The zero-order valence-electron chi connectivity index (χ0n) is 13.4. The maximum absolute atomic E-state index is 5.80. The number of rotatable bonds is 7. The summed E-state index contributed by atoms with van der Waals surface area (Å²) in [5.41, 5.74) is 8.79. The minimum atomic E-state index is 0.561. The molecule has 0 aromatic heterocycles. The van der Waals surface area contributed by atoms with Crippen LogP contribution in [0.5, 0.6) is 17.2 Å². The van der Waals surface area contributed by atoms with Crippen molar-refractivity contribution < 1.29 is 14.2 Å². The average molecular weight is 301 g/mol. The van der Waals surface area contributed by atoms with Crippen LogP contribution in [-0.4, -0.2) is 20.3 Å². The van der Waals surface area contributed by atoms with Gasteiger partial charge in [0, 0.05) is 18.2 Å². The van der Waals surface area contributed by atoms with E-state index in [-0.39, 0.29) is 0 Å². The van der Waals surface area contributed by atoms with Gasteiger partial charge in [0.1, 0.15) is 5.75 Å². The number of nitrogens with two attached hydrogens (primary N) is 1. The van der Waals surface area contributed by atoms with Gasteiger partial charge in [0.05, 0.1) is 20.3 Å². The van der Waals surface area contributed by atoms with Gasteiger partial charge in [0.2, 0.25) is 0 Å². The van der Waals surface area contributed by atoms with Gasteiger partial charge in [-0.3, -0.25) is 0 Å². The Morgan fingerprint density at radius 1 is 0.909 bits per heavy atom. The monoisotopic (exact) mass is 301 g/mol. The van der Waals surface area contributed by atoms with Gasteiger partial charge < -0.3 is 19.9 Å². The predicted molar refractivity (Wildman–Crippen MR) is 88.9 cm³/mol. The molecule has 0 fully saturated rings. The molecule has 0 unspecified atom stereocenters. The molecule has 0 aliphatic rings. The molecule has 0 amide bonds. The normalized spacial score (nSPS) is 10.3. The Morgan fingerprint density at radius 2 is 1.64 bits per heavy atom. The van der Waals surface area contributed by atoms with Crippen LogP contribution in [0.15, 0.2) is 36.4 Å². The van der Waals surface area contributed by atoms with E-state index in [1.54, 1.807) is 19.2 Å². The zero-order valence-corrected chi connectivity index (χ0v) is 13.4. The van der Waals surface area contributed by atoms with Crippen molar-refractivity contribution in [3.8, 4) is 17.2 Å². The topological polar surface area (TPSA) is 53.7 Å². The van der Waals surface area contributed by atoms with Gasteiger partial charge in [-0.05, 0) is 43.2 Å². The number of aryl methyl sites for hydroxylation is 1. The Hall–Kier alpha value is -2.36. The van der Waals surface area contributed by atoms with Crippen molar-refractivity contribution in [2.75, 3.05) is 26.1 Å². The Bertz CT molecular complexity index is 626. The molecule has 4 nitrogen and oxygen atoms in total. The standard InChI is InChI=1S/C18H23NO3/c1-13-6-4-7-16(14(13)2)21-10-5-11-22-17-9-8-15(19)12-18(17)20-3/h4,6-9,12H,5,10-11,19H2,1-3H3. The van der Waals surface area contributed by atoms with E-state index in [2.05, 4.69) is 19.9 Å². The Morgan fingerprint density at radius 3 is 2.36 bits per heavy atom. The van der Waals surface area contributed by atoms with Crippen molar-refractivity contribution in [3.05, 3.63) is 47.5 Å². The fraction of sp³-hybridized carbons (Fsp3) is 0.333. The fourth-order valence-corrected chi connectivity index (χ4v) is 2.11. The summed E-state index contributed by atoms with van der Waals surface area (Å²) in [6.45, 7) is 5.33. The maximum atomic E-state index is 5.80. The molecule has 0 atom stereocenters. The van der Waals surface area contributed by atoms with Crippen molar-refractivity contribution in [2.24, 2.45) is 0 Å². The molecule has 0 aliphatic heterocycles. The van der Waals surface area contributed by atoms with Crippen molar-refractivity contribution in [3.63, 3.8) is 0 Å². The zero-order chi connectivity index (χ0) is 15.9. The summed E-state index contributed by atoms with van der Waals surface area (Å²) >= 11 is 0. The first-order chi connectivity index (χ1) is 10.6. The SMILES string of the molecule is COc1cc(N)ccc1OCCCOc1cccc(C)c1C. The smallest absolute Gasteiger partial charge is 0.162 e. The van der Waals surface area contributed by atoms with E-state index >= 15 is 0 Å². The minimum absolute atomic E-state index is 0.561. The molecular weight excluding hydrogens is 278 g/mol. The van der Waals surface area contributed by atoms with Crippen LogP contribution in [0.2, 0.25) is 0 Å². The van der Waals surface area contributed by atoms with Gasteiger partial charge in [-0.1, -0.05) is 12.1 Å². The highest BCUT2D eigenvalue weighted by Crippen LogP contribution is 2.29. The maximum Gasteiger partial charge on any atom is 0.162 e. The van der Waals surface area contributed by atoms with E-state index in [1.807, 2.05) is 18.2 Å². The Balaban J connectivity index is 1.79. The van der Waals surface area contributed by atoms with E-state index in [0.29, 0.717) is 30.4 Å². The molecule has 2 N–H and O–H groups in total. The first-order valence-corrected chi connectivity index (χ1v) is 7.37. The second kappa shape index (κ2) is 7.59. The van der Waals surface area contributed by atoms with Crippen LogP contribution in [0.1, 0.15) is 17.5 Å². The molecule has 0 saturated heterocycles. The summed E-state index contributed by atoms with van der Waals surface area (Å²) in [7, 11) is 1.60. The van der Waals surface area contributed by atoms with Gasteiger partial charge in [-0.25, -0.2) is 0 Å². The van der Waals surface area contributed by atoms with Crippen molar-refractivity contribution in [1.82, 2.24) is 0 Å². The van der Waals surface area contributed by atoms with E-state index in [4.69, 9.17) is 19.9 Å². The number of anilines is 1. The third-order valence-corrected chi connectivity index (χ3v) is 3.55. The van der Waals surface area contributed by atoms with Gasteiger partial charge in [-0.15, -0.1) is 0 Å². The molecule has 22 heavy (non-hydrogen) atoms. The molecule has 0 bridgehead atoms. The van der Waals surface area contributed by atoms with Crippen LogP contribution in [0.25, 0.3) is 0 Å². The highest BCUT2D eigenvalue weighted by Gasteiger charge is 2.05. The molecule has 0 aliphatic carbocycles. The van der Waals surface area contributed by atoms with Crippen LogP contribution in [0.4, 0.5) is 5.69 Å². The van der Waals surface area contributed by atoms with Gasteiger partial charge in [0.15, 0.2) is 11.5 Å². The second-order valence-electron chi connectivity index (χ2n) is 5.16. The molecule has 118 valence electrons. The Kier molecular flexibility index (Phi) is 5.53. The summed E-state index contributed by atoms with van der Waals surface area (Å²) in [4.78, 5) is 0. The molecule has 0 heterocycles. The summed E-state index contributed by atoms with van der Waals surface area (Å²) < 4.78 is 16.8. The fourth-order valence-electron chi connectivity index (χ4n) is 2.11. The van der Waals surface area contributed by atoms with E-state index < -0.39 is 0 Å². The number of ether oxygens (including phenoxy) is 3. The third-order valence-electron chi connectivity index (χ3n) is 3.55. The van der Waals surface area contributed by atoms with Gasteiger partial charge >= 0.3 is 0 Å². The first kappa shape index (κ1) is 16.0. The minimum Gasteiger partial charge on any atom is -0.493 e. The van der Waals surface area contributed by atoms with Crippen LogP contribution in [0, 0.1) is 13.8 Å². The number of methoxy groups -OCH3 is 1. The number of benzene rings is 2. The molecule has 2 rings (SSSR count). The second-order valence-corrected chi connectivity index (χ2v) is 5.16. The Labute approximate surface area is 131 Å². The highest BCUT2D eigenvalue weighted by atomic mass is 16.5. The van der Waals surface area contributed by atoms with E-state index in [0.717, 1.165) is 12.2 Å². The van der Waals surface area contributed by atoms with Crippen molar-refractivity contribution in [2.45, 2.75) is 20.3 Å². The summed E-state index contributed by atoms with van der Waals surface area (Å²) in [5.74, 6) is 2.28. The number of hydrogen-bond acceptors (Lipinski definition) is 4. The lowest BCUT2D eigenvalue weighted by molar-refractivity contribution is 0.239. The lowest BCUT2D eigenvalue weighted by Crippen LogP contribution is -2.06. The molecule has 0 spiro atoms. The predicted octanol–water partition coefficient (Wildman–Crippen LogP) is 3.74. The van der Waals surface area contributed by atoms with Crippen molar-refractivity contribution in [1.29, 1.82) is 0 Å². The summed E-state index contributed by atoms with van der Waals surface area (Å²) in [6.07, 6.45) is 0.793. The van der Waals surface area contributed by atoms with Gasteiger partial charge in [0.25, 0.3) is 0 Å². The molecule has 2 aromatic carbocycles. The molecule has 2 aromatic rings. The number of hydrogen-bond donors (Lipinski definition) is 1. The summed E-state index contributed by atoms with van der Waals surface area (Å²) in [5, 5.41) is 0. The highest BCUT2D eigenvalue weighted by molar-refractivity contribution is 5.51.